The summed E-state index contributed by atoms with van der Waals surface area (Å²) in [4.78, 5) is 0.978. The first-order chi connectivity index (χ1) is 8.53. The summed E-state index contributed by atoms with van der Waals surface area (Å²) in [6.45, 7) is 3.89. The summed E-state index contributed by atoms with van der Waals surface area (Å²) in [5, 5.41) is 12.6. The number of benzene rings is 1. The van der Waals surface area contributed by atoms with E-state index in [1.807, 2.05) is 43.5 Å². The number of aryl methyl sites for hydroxylation is 1. The fourth-order valence-corrected chi connectivity index (χ4v) is 2.88. The van der Waals surface area contributed by atoms with E-state index in [2.05, 4.69) is 6.07 Å². The molecule has 0 amide bonds. The normalized spacial score (nSPS) is 14.2. The molecular formula is C15H18O2S. The lowest BCUT2D eigenvalue weighted by Crippen LogP contribution is -2.23. The van der Waals surface area contributed by atoms with Crippen LogP contribution in [0.1, 0.15) is 22.9 Å². The Hall–Kier alpha value is -1.32. The summed E-state index contributed by atoms with van der Waals surface area (Å²) in [6.07, 6.45) is 0.554. The van der Waals surface area contributed by atoms with Crippen molar-refractivity contribution in [2.24, 2.45) is 0 Å². The Balaban J connectivity index is 2.31. The van der Waals surface area contributed by atoms with Gasteiger partial charge in [-0.05, 0) is 36.9 Å². The number of methoxy groups -OCH3 is 1. The Labute approximate surface area is 112 Å². The van der Waals surface area contributed by atoms with Gasteiger partial charge in [-0.1, -0.05) is 23.8 Å². The molecule has 0 saturated carbocycles. The van der Waals surface area contributed by atoms with Gasteiger partial charge in [0.15, 0.2) is 0 Å². The van der Waals surface area contributed by atoms with Crippen LogP contribution in [0.5, 0.6) is 5.75 Å². The van der Waals surface area contributed by atoms with E-state index in [1.54, 1.807) is 18.4 Å². The molecule has 1 N–H and O–H groups in total. The van der Waals surface area contributed by atoms with Crippen LogP contribution in [0.4, 0.5) is 0 Å². The van der Waals surface area contributed by atoms with Gasteiger partial charge in [0.05, 0.1) is 7.11 Å². The number of thiophene rings is 1. The molecule has 0 spiro atoms. The van der Waals surface area contributed by atoms with E-state index in [1.165, 1.54) is 5.56 Å². The average Bonchev–Trinajstić information content (AvgIpc) is 2.83. The van der Waals surface area contributed by atoms with Crippen molar-refractivity contribution in [3.05, 3.63) is 51.7 Å². The van der Waals surface area contributed by atoms with E-state index >= 15 is 0 Å². The van der Waals surface area contributed by atoms with Crippen LogP contribution in [0, 0.1) is 6.92 Å². The smallest absolute Gasteiger partial charge is 0.122 e. The Kier molecular flexibility index (Phi) is 3.73. The zero-order chi connectivity index (χ0) is 13.2. The molecule has 0 aliphatic rings. The molecule has 0 aliphatic heterocycles. The maximum absolute atomic E-state index is 10.6. The molecule has 0 aliphatic carbocycles. The summed E-state index contributed by atoms with van der Waals surface area (Å²) in [7, 11) is 1.66. The molecule has 1 atom stereocenters. The molecule has 1 aromatic carbocycles. The number of ether oxygens (including phenoxy) is 1. The molecule has 2 aromatic rings. The van der Waals surface area contributed by atoms with Gasteiger partial charge in [-0.3, -0.25) is 0 Å². The standard InChI is InChI=1S/C15H18O2S/c1-11-6-7-13(17-3)12(9-11)10-15(2,16)14-5-4-8-18-14/h4-9,16H,10H2,1-3H3. The monoisotopic (exact) mass is 262 g/mol. The van der Waals surface area contributed by atoms with E-state index in [4.69, 9.17) is 4.74 Å². The number of rotatable bonds is 4. The van der Waals surface area contributed by atoms with Crippen molar-refractivity contribution in [2.45, 2.75) is 25.9 Å². The van der Waals surface area contributed by atoms with Crippen LogP contribution in [0.15, 0.2) is 35.7 Å². The quantitative estimate of drug-likeness (QED) is 0.913. The summed E-state index contributed by atoms with van der Waals surface area (Å²) in [5.74, 6) is 0.831. The van der Waals surface area contributed by atoms with Gasteiger partial charge >= 0.3 is 0 Å². The van der Waals surface area contributed by atoms with Gasteiger partial charge in [-0.15, -0.1) is 11.3 Å². The third-order valence-corrected chi connectivity index (χ3v) is 4.15. The second-order valence-corrected chi connectivity index (χ2v) is 5.69. The lowest BCUT2D eigenvalue weighted by atomic mass is 9.93. The van der Waals surface area contributed by atoms with Crippen LogP contribution in [-0.4, -0.2) is 12.2 Å². The highest BCUT2D eigenvalue weighted by Gasteiger charge is 2.26. The molecule has 96 valence electrons. The van der Waals surface area contributed by atoms with Gasteiger partial charge in [0.25, 0.3) is 0 Å². The Morgan fingerprint density at radius 2 is 2.11 bits per heavy atom. The van der Waals surface area contributed by atoms with Crippen LogP contribution in [0.25, 0.3) is 0 Å². The lowest BCUT2D eigenvalue weighted by Gasteiger charge is -2.23. The largest absolute Gasteiger partial charge is 0.496 e. The van der Waals surface area contributed by atoms with Crippen molar-refractivity contribution in [3.8, 4) is 5.75 Å². The van der Waals surface area contributed by atoms with Gasteiger partial charge < -0.3 is 9.84 Å². The second kappa shape index (κ2) is 5.12. The van der Waals surface area contributed by atoms with E-state index in [9.17, 15) is 5.11 Å². The van der Waals surface area contributed by atoms with Crippen molar-refractivity contribution in [1.82, 2.24) is 0 Å². The van der Waals surface area contributed by atoms with Crippen molar-refractivity contribution in [2.75, 3.05) is 7.11 Å². The minimum absolute atomic E-state index is 0.554. The molecule has 1 unspecified atom stereocenters. The first kappa shape index (κ1) is 13.1. The maximum Gasteiger partial charge on any atom is 0.122 e. The van der Waals surface area contributed by atoms with E-state index in [-0.39, 0.29) is 0 Å². The third kappa shape index (κ3) is 2.74. The highest BCUT2D eigenvalue weighted by atomic mass is 32.1. The highest BCUT2D eigenvalue weighted by molar-refractivity contribution is 7.10. The van der Waals surface area contributed by atoms with Gasteiger partial charge in [0.1, 0.15) is 11.4 Å². The van der Waals surface area contributed by atoms with Crippen molar-refractivity contribution < 1.29 is 9.84 Å². The summed E-state index contributed by atoms with van der Waals surface area (Å²) >= 11 is 1.58. The zero-order valence-electron chi connectivity index (χ0n) is 10.9. The number of hydrogen-bond acceptors (Lipinski definition) is 3. The molecule has 0 radical (unpaired) electrons. The third-order valence-electron chi connectivity index (χ3n) is 3.02. The Morgan fingerprint density at radius 3 is 2.72 bits per heavy atom. The summed E-state index contributed by atoms with van der Waals surface area (Å²) in [6, 6.07) is 9.97. The molecular weight excluding hydrogens is 244 g/mol. The van der Waals surface area contributed by atoms with Crippen molar-refractivity contribution >= 4 is 11.3 Å². The molecule has 2 rings (SSSR count). The fraction of sp³-hybridized carbons (Fsp3) is 0.333. The first-order valence-corrected chi connectivity index (χ1v) is 6.81. The molecule has 0 bridgehead atoms. The predicted octanol–water partition coefficient (Wildman–Crippen LogP) is 3.52. The summed E-state index contributed by atoms with van der Waals surface area (Å²) < 4.78 is 5.36. The maximum atomic E-state index is 10.6. The molecule has 1 heterocycles. The van der Waals surface area contributed by atoms with Crippen LogP contribution in [0.2, 0.25) is 0 Å². The van der Waals surface area contributed by atoms with Crippen molar-refractivity contribution in [1.29, 1.82) is 0 Å². The SMILES string of the molecule is COc1ccc(C)cc1CC(C)(O)c1cccs1. The van der Waals surface area contributed by atoms with Gasteiger partial charge in [0.2, 0.25) is 0 Å². The molecule has 3 heteroatoms. The van der Waals surface area contributed by atoms with Gasteiger partial charge in [0, 0.05) is 11.3 Å². The van der Waals surface area contributed by atoms with E-state index < -0.39 is 5.60 Å². The zero-order valence-corrected chi connectivity index (χ0v) is 11.8. The molecule has 0 fully saturated rings. The molecule has 1 aromatic heterocycles. The highest BCUT2D eigenvalue weighted by Crippen LogP contribution is 2.32. The Morgan fingerprint density at radius 1 is 1.33 bits per heavy atom. The van der Waals surface area contributed by atoms with Crippen molar-refractivity contribution in [3.63, 3.8) is 0 Å². The minimum atomic E-state index is -0.852. The summed E-state index contributed by atoms with van der Waals surface area (Å²) in [5.41, 5.74) is 1.36. The first-order valence-electron chi connectivity index (χ1n) is 5.93. The average molecular weight is 262 g/mol. The van der Waals surface area contributed by atoms with Gasteiger partial charge in [-0.2, -0.15) is 0 Å². The number of hydrogen-bond donors (Lipinski definition) is 1. The number of aliphatic hydroxyl groups is 1. The second-order valence-electron chi connectivity index (χ2n) is 4.74. The van der Waals surface area contributed by atoms with Gasteiger partial charge in [-0.25, -0.2) is 0 Å². The minimum Gasteiger partial charge on any atom is -0.496 e. The van der Waals surface area contributed by atoms with E-state index in [0.29, 0.717) is 6.42 Å². The van der Waals surface area contributed by atoms with Crippen LogP contribution < -0.4 is 4.74 Å². The Bertz CT molecular complexity index is 515. The predicted molar refractivity (Wildman–Crippen MR) is 75.3 cm³/mol. The lowest BCUT2D eigenvalue weighted by molar-refractivity contribution is 0.0608. The topological polar surface area (TPSA) is 29.5 Å². The van der Waals surface area contributed by atoms with Crippen LogP contribution >= 0.6 is 11.3 Å². The van der Waals surface area contributed by atoms with Crippen LogP contribution in [0.3, 0.4) is 0 Å². The fourth-order valence-electron chi connectivity index (χ4n) is 2.09. The molecule has 0 saturated heterocycles. The van der Waals surface area contributed by atoms with Crippen LogP contribution in [-0.2, 0) is 12.0 Å². The van der Waals surface area contributed by atoms with E-state index in [0.717, 1.165) is 16.2 Å². The molecule has 2 nitrogen and oxygen atoms in total. The molecule has 18 heavy (non-hydrogen) atoms.